The average Bonchev–Trinajstić information content (AvgIpc) is 3.06. The van der Waals surface area contributed by atoms with Gasteiger partial charge < -0.3 is 9.30 Å². The molecule has 1 aromatic carbocycles. The highest BCUT2D eigenvalue weighted by Gasteiger charge is 2.14. The highest BCUT2D eigenvalue weighted by atomic mass is 35.5. The van der Waals surface area contributed by atoms with Gasteiger partial charge in [0, 0.05) is 18.0 Å². The number of benzene rings is 1. The van der Waals surface area contributed by atoms with Gasteiger partial charge in [0.25, 0.3) is 5.56 Å². The van der Waals surface area contributed by atoms with Crippen molar-refractivity contribution in [1.29, 1.82) is 0 Å². The van der Waals surface area contributed by atoms with Crippen LogP contribution in [0, 0.1) is 13.8 Å². The van der Waals surface area contributed by atoms with Gasteiger partial charge in [0.05, 0.1) is 6.54 Å². The Balaban J connectivity index is 1.75. The molecule has 0 unspecified atom stereocenters. The largest absolute Gasteiger partial charge is 0.423 e. The van der Waals surface area contributed by atoms with Crippen molar-refractivity contribution in [2.75, 3.05) is 0 Å². The van der Waals surface area contributed by atoms with Crippen molar-refractivity contribution < 1.29 is 4.74 Å². The van der Waals surface area contributed by atoms with Crippen LogP contribution >= 0.6 is 11.6 Å². The summed E-state index contributed by atoms with van der Waals surface area (Å²) in [5, 5.41) is 4.63. The second kappa shape index (κ2) is 6.85. The molecule has 0 aliphatic carbocycles. The third-order valence-electron chi connectivity index (χ3n) is 4.14. The van der Waals surface area contributed by atoms with Crippen molar-refractivity contribution in [2.24, 2.45) is 0 Å². The van der Waals surface area contributed by atoms with Crippen LogP contribution in [0.4, 0.5) is 0 Å². The highest BCUT2D eigenvalue weighted by molar-refractivity contribution is 6.29. The number of fused-ring (bicyclic) bond motifs is 1. The number of aromatic nitrogens is 5. The average molecular weight is 382 g/mol. The van der Waals surface area contributed by atoms with E-state index in [9.17, 15) is 4.79 Å². The van der Waals surface area contributed by atoms with Crippen molar-refractivity contribution >= 4 is 17.4 Å². The van der Waals surface area contributed by atoms with E-state index in [1.54, 1.807) is 12.3 Å². The monoisotopic (exact) mass is 381 g/mol. The predicted molar refractivity (Wildman–Crippen MR) is 102 cm³/mol. The molecule has 7 nitrogen and oxygen atoms in total. The Morgan fingerprint density at radius 1 is 1.11 bits per heavy atom. The molecule has 0 bridgehead atoms. The zero-order chi connectivity index (χ0) is 19.0. The lowest BCUT2D eigenvalue weighted by atomic mass is 10.2. The van der Waals surface area contributed by atoms with E-state index in [1.807, 2.05) is 48.7 Å². The minimum Gasteiger partial charge on any atom is -0.423 e. The molecular weight excluding hydrogens is 366 g/mol. The van der Waals surface area contributed by atoms with Crippen LogP contribution in [0.25, 0.3) is 5.78 Å². The topological polar surface area (TPSA) is 74.3 Å². The van der Waals surface area contributed by atoms with Crippen LogP contribution < -0.4 is 10.3 Å². The van der Waals surface area contributed by atoms with Gasteiger partial charge >= 0.3 is 6.01 Å². The number of nitrogens with zero attached hydrogens (tertiary/aromatic N) is 5. The number of halogens is 1. The fourth-order valence-electron chi connectivity index (χ4n) is 2.72. The van der Waals surface area contributed by atoms with E-state index in [2.05, 4.69) is 15.1 Å². The smallest absolute Gasteiger partial charge is 0.343 e. The van der Waals surface area contributed by atoms with Crippen molar-refractivity contribution in [3.63, 3.8) is 0 Å². The summed E-state index contributed by atoms with van der Waals surface area (Å²) in [7, 11) is 0. The Bertz CT molecular complexity index is 1160. The maximum atomic E-state index is 12.3. The Morgan fingerprint density at radius 2 is 1.89 bits per heavy atom. The minimum atomic E-state index is -0.265. The summed E-state index contributed by atoms with van der Waals surface area (Å²) < 4.78 is 8.82. The Morgan fingerprint density at radius 3 is 2.59 bits per heavy atom. The molecule has 0 saturated carbocycles. The summed E-state index contributed by atoms with van der Waals surface area (Å²) in [4.78, 5) is 20.8. The molecule has 0 radical (unpaired) electrons. The van der Waals surface area contributed by atoms with Crippen LogP contribution in [0.1, 0.15) is 16.8 Å². The van der Waals surface area contributed by atoms with Gasteiger partial charge in [-0.1, -0.05) is 35.4 Å². The van der Waals surface area contributed by atoms with E-state index in [-0.39, 0.29) is 11.6 Å². The Labute approximate surface area is 159 Å². The number of ether oxygens (including phenoxy) is 1. The third-order valence-corrected chi connectivity index (χ3v) is 4.36. The number of pyridine rings is 1. The zero-order valence-electron chi connectivity index (χ0n) is 14.8. The van der Waals surface area contributed by atoms with E-state index >= 15 is 0 Å². The van der Waals surface area contributed by atoms with E-state index in [0.717, 1.165) is 16.8 Å². The lowest BCUT2D eigenvalue weighted by Crippen LogP contribution is -2.20. The lowest BCUT2D eigenvalue weighted by Gasteiger charge is -2.11. The normalized spacial score (nSPS) is 11.1. The summed E-state index contributed by atoms with van der Waals surface area (Å²) in [6.45, 7) is 4.32. The first-order valence-electron chi connectivity index (χ1n) is 8.32. The molecule has 0 aliphatic heterocycles. The molecule has 0 N–H and O–H groups in total. The van der Waals surface area contributed by atoms with Crippen LogP contribution in [-0.4, -0.2) is 24.1 Å². The van der Waals surface area contributed by atoms with Crippen LogP contribution in [0.15, 0.2) is 53.5 Å². The molecule has 0 fully saturated rings. The third kappa shape index (κ3) is 3.54. The molecule has 8 heteroatoms. The first-order chi connectivity index (χ1) is 13.0. The van der Waals surface area contributed by atoms with E-state index in [1.165, 1.54) is 10.6 Å². The quantitative estimate of drug-likeness (QED) is 0.506. The molecular formula is C19H16ClN5O2. The van der Waals surface area contributed by atoms with Gasteiger partial charge in [-0.05, 0) is 37.6 Å². The second-order valence-corrected chi connectivity index (χ2v) is 6.61. The summed E-state index contributed by atoms with van der Waals surface area (Å²) in [5.41, 5.74) is 2.55. The minimum absolute atomic E-state index is 0.115. The molecule has 0 amide bonds. The number of aryl methyl sites for hydroxylation is 2. The molecule has 4 rings (SSSR count). The van der Waals surface area contributed by atoms with Crippen LogP contribution in [0.3, 0.4) is 0 Å². The van der Waals surface area contributed by atoms with E-state index < -0.39 is 0 Å². The molecule has 0 aliphatic rings. The summed E-state index contributed by atoms with van der Waals surface area (Å²) in [6.07, 6.45) is 1.69. The van der Waals surface area contributed by atoms with Gasteiger partial charge in [-0.3, -0.25) is 4.79 Å². The van der Waals surface area contributed by atoms with Crippen molar-refractivity contribution in [1.82, 2.24) is 24.1 Å². The fourth-order valence-corrected chi connectivity index (χ4v) is 2.83. The van der Waals surface area contributed by atoms with Crippen LogP contribution in [0.2, 0.25) is 5.15 Å². The SMILES string of the molecule is Cc1ccc(Oc2nc3n(Cc4ccc(Cl)nc4)c(C)cc(=O)n3n2)cc1. The fraction of sp³-hybridized carbons (Fsp3) is 0.158. The molecule has 0 spiro atoms. The number of hydrogen-bond acceptors (Lipinski definition) is 5. The van der Waals surface area contributed by atoms with E-state index in [4.69, 9.17) is 16.3 Å². The lowest BCUT2D eigenvalue weighted by molar-refractivity contribution is 0.442. The first kappa shape index (κ1) is 17.2. The van der Waals surface area contributed by atoms with Gasteiger partial charge in [0.2, 0.25) is 5.78 Å². The molecule has 27 heavy (non-hydrogen) atoms. The van der Waals surface area contributed by atoms with Crippen LogP contribution in [-0.2, 0) is 6.54 Å². The van der Waals surface area contributed by atoms with Gasteiger partial charge in [-0.2, -0.15) is 9.50 Å². The van der Waals surface area contributed by atoms with Crippen molar-refractivity contribution in [3.05, 3.63) is 81.0 Å². The standard InChI is InChI=1S/C19H16ClN5O2/c1-12-3-6-15(7-4-12)27-18-22-19-24(11-14-5-8-16(20)21-10-14)13(2)9-17(26)25(19)23-18/h3-10H,11H2,1-2H3. The Hall–Kier alpha value is -3.19. The molecule has 3 heterocycles. The van der Waals surface area contributed by atoms with E-state index in [0.29, 0.717) is 23.2 Å². The van der Waals surface area contributed by atoms with Gasteiger partial charge in [0.1, 0.15) is 10.9 Å². The first-order valence-corrected chi connectivity index (χ1v) is 8.69. The van der Waals surface area contributed by atoms with Crippen molar-refractivity contribution in [3.8, 4) is 11.8 Å². The Kier molecular flexibility index (Phi) is 4.37. The zero-order valence-corrected chi connectivity index (χ0v) is 15.5. The molecule has 3 aromatic heterocycles. The number of hydrogen-bond donors (Lipinski definition) is 0. The second-order valence-electron chi connectivity index (χ2n) is 6.22. The summed E-state index contributed by atoms with van der Waals surface area (Å²) in [5.74, 6) is 1.01. The molecule has 0 saturated heterocycles. The highest BCUT2D eigenvalue weighted by Crippen LogP contribution is 2.19. The summed E-state index contributed by atoms with van der Waals surface area (Å²) >= 11 is 5.85. The predicted octanol–water partition coefficient (Wildman–Crippen LogP) is 3.40. The molecule has 136 valence electrons. The number of rotatable bonds is 4. The van der Waals surface area contributed by atoms with Gasteiger partial charge in [-0.15, -0.1) is 5.10 Å². The van der Waals surface area contributed by atoms with Crippen LogP contribution in [0.5, 0.6) is 11.8 Å². The van der Waals surface area contributed by atoms with Gasteiger partial charge in [-0.25, -0.2) is 4.98 Å². The maximum Gasteiger partial charge on any atom is 0.343 e. The summed E-state index contributed by atoms with van der Waals surface area (Å²) in [6, 6.07) is 12.8. The van der Waals surface area contributed by atoms with Crippen molar-refractivity contribution in [2.45, 2.75) is 20.4 Å². The molecule has 0 atom stereocenters. The maximum absolute atomic E-state index is 12.3. The molecule has 4 aromatic rings. The van der Waals surface area contributed by atoms with Gasteiger partial charge in [0.15, 0.2) is 0 Å².